The number of aliphatic imine (C=N–C) groups is 1. The van der Waals surface area contributed by atoms with Gasteiger partial charge >= 0.3 is 5.97 Å². The lowest BCUT2D eigenvalue weighted by atomic mass is 9.82. The van der Waals surface area contributed by atoms with Crippen molar-refractivity contribution in [1.82, 2.24) is 0 Å². The van der Waals surface area contributed by atoms with Crippen LogP contribution in [0.1, 0.15) is 43.0 Å². The van der Waals surface area contributed by atoms with Gasteiger partial charge in [-0.3, -0.25) is 4.99 Å². The molecule has 0 aliphatic carbocycles. The summed E-state index contributed by atoms with van der Waals surface area (Å²) in [5.74, 6) is -0.918. The van der Waals surface area contributed by atoms with Crippen LogP contribution < -0.4 is 0 Å². The molecule has 0 aromatic heterocycles. The van der Waals surface area contributed by atoms with Gasteiger partial charge in [-0.2, -0.15) is 0 Å². The molecule has 148 valence electrons. The predicted molar refractivity (Wildman–Crippen MR) is 119 cm³/mol. The van der Waals surface area contributed by atoms with Crippen LogP contribution in [0.25, 0.3) is 0 Å². The number of hydrogen-bond acceptors (Lipinski definition) is 2. The van der Waals surface area contributed by atoms with Crippen LogP contribution in [0.5, 0.6) is 0 Å². The number of carboxylic acid groups (broad SMARTS) is 1. The summed E-state index contributed by atoms with van der Waals surface area (Å²) in [5, 5.41) is 9.96. The van der Waals surface area contributed by atoms with Gasteiger partial charge in [-0.1, -0.05) is 106 Å². The molecule has 0 saturated heterocycles. The smallest absolute Gasteiger partial charge is 0.328 e. The van der Waals surface area contributed by atoms with Gasteiger partial charge in [0.1, 0.15) is 0 Å². The highest BCUT2D eigenvalue weighted by molar-refractivity contribution is 6.13. The molecule has 0 amide bonds. The molecular formula is C26H27NO2. The van der Waals surface area contributed by atoms with Gasteiger partial charge in [0.15, 0.2) is 6.04 Å². The average molecular weight is 386 g/mol. The minimum absolute atomic E-state index is 0.0644. The highest BCUT2D eigenvalue weighted by Gasteiger charge is 2.24. The summed E-state index contributed by atoms with van der Waals surface area (Å²) in [6.07, 6.45) is 0.353. The minimum Gasteiger partial charge on any atom is -0.480 e. The van der Waals surface area contributed by atoms with Gasteiger partial charge in [-0.05, 0) is 16.5 Å². The van der Waals surface area contributed by atoms with Gasteiger partial charge in [-0.15, -0.1) is 0 Å². The molecule has 3 aromatic rings. The number of hydrogen-bond donors (Lipinski definition) is 1. The van der Waals surface area contributed by atoms with Crippen LogP contribution in [0.15, 0.2) is 89.9 Å². The topological polar surface area (TPSA) is 49.7 Å². The molecule has 1 N–H and O–H groups in total. The predicted octanol–water partition coefficient (Wildman–Crippen LogP) is 5.52. The van der Waals surface area contributed by atoms with Crippen molar-refractivity contribution >= 4 is 11.7 Å². The maximum absolute atomic E-state index is 12.2. The van der Waals surface area contributed by atoms with Gasteiger partial charge in [-0.25, -0.2) is 4.79 Å². The fourth-order valence-electron chi connectivity index (χ4n) is 3.49. The monoisotopic (exact) mass is 385 g/mol. The Morgan fingerprint density at radius 3 is 1.79 bits per heavy atom. The highest BCUT2D eigenvalue weighted by atomic mass is 16.4. The number of nitrogens with zero attached hydrogens (tertiary/aromatic N) is 1. The first-order valence-electron chi connectivity index (χ1n) is 9.86. The van der Waals surface area contributed by atoms with Gasteiger partial charge in [0, 0.05) is 17.5 Å². The van der Waals surface area contributed by atoms with Crippen molar-refractivity contribution in [1.29, 1.82) is 0 Å². The Kier molecular flexibility index (Phi) is 6.28. The lowest BCUT2D eigenvalue weighted by Gasteiger charge is -2.24. The summed E-state index contributed by atoms with van der Waals surface area (Å²) in [7, 11) is 0. The molecule has 1 atom stereocenters. The fourth-order valence-corrected chi connectivity index (χ4v) is 3.49. The number of rotatable bonds is 6. The van der Waals surface area contributed by atoms with Crippen LogP contribution in [0.4, 0.5) is 0 Å². The zero-order chi connectivity index (χ0) is 20.9. The van der Waals surface area contributed by atoms with Crippen molar-refractivity contribution in [2.24, 2.45) is 4.99 Å². The normalized spacial score (nSPS) is 12.2. The lowest BCUT2D eigenvalue weighted by Crippen LogP contribution is -2.25. The third kappa shape index (κ3) is 5.20. The van der Waals surface area contributed by atoms with Crippen LogP contribution in [0.2, 0.25) is 0 Å². The van der Waals surface area contributed by atoms with Gasteiger partial charge in [0.2, 0.25) is 0 Å². The quantitative estimate of drug-likeness (QED) is 0.568. The summed E-state index contributed by atoms with van der Waals surface area (Å²) >= 11 is 0. The second kappa shape index (κ2) is 8.87. The second-order valence-corrected chi connectivity index (χ2v) is 8.18. The van der Waals surface area contributed by atoms with Crippen LogP contribution >= 0.6 is 0 Å². The molecule has 1 unspecified atom stereocenters. The fraction of sp³-hybridized carbons (Fsp3) is 0.231. The van der Waals surface area contributed by atoms with E-state index in [9.17, 15) is 9.90 Å². The van der Waals surface area contributed by atoms with E-state index in [0.717, 1.165) is 22.3 Å². The first-order valence-corrected chi connectivity index (χ1v) is 9.86. The third-order valence-electron chi connectivity index (χ3n) is 4.90. The SMILES string of the molecule is CC(C)(C)c1ccccc1CC(N=C(c1ccccc1)c1ccccc1)C(=O)O. The summed E-state index contributed by atoms with van der Waals surface area (Å²) in [5.41, 5.74) is 4.64. The number of carboxylic acids is 1. The summed E-state index contributed by atoms with van der Waals surface area (Å²) < 4.78 is 0. The van der Waals surface area contributed by atoms with E-state index in [-0.39, 0.29) is 5.41 Å². The molecular weight excluding hydrogens is 358 g/mol. The average Bonchev–Trinajstić information content (AvgIpc) is 2.71. The van der Waals surface area contributed by atoms with E-state index < -0.39 is 12.0 Å². The van der Waals surface area contributed by atoms with Crippen LogP contribution in [-0.4, -0.2) is 22.8 Å². The molecule has 0 bridgehead atoms. The van der Waals surface area contributed by atoms with E-state index in [1.807, 2.05) is 78.9 Å². The molecule has 0 fully saturated rings. The Morgan fingerprint density at radius 1 is 0.828 bits per heavy atom. The van der Waals surface area contributed by atoms with Crippen molar-refractivity contribution in [3.8, 4) is 0 Å². The Balaban J connectivity index is 2.06. The Morgan fingerprint density at radius 2 is 1.31 bits per heavy atom. The van der Waals surface area contributed by atoms with E-state index in [1.165, 1.54) is 0 Å². The lowest BCUT2D eigenvalue weighted by molar-refractivity contribution is -0.138. The molecule has 0 saturated carbocycles. The summed E-state index contributed by atoms with van der Waals surface area (Å²) in [6, 6.07) is 26.7. The number of aliphatic carboxylic acids is 1. The molecule has 3 aromatic carbocycles. The van der Waals surface area contributed by atoms with Crippen molar-refractivity contribution in [3.63, 3.8) is 0 Å². The Labute approximate surface area is 172 Å². The standard InChI is InChI=1S/C26H27NO2/c1-26(2,3)22-17-11-10-16-21(22)18-23(25(28)29)27-24(19-12-6-4-7-13-19)20-14-8-5-9-15-20/h4-17,23H,18H2,1-3H3,(H,28,29). The van der Waals surface area contributed by atoms with Crippen molar-refractivity contribution in [3.05, 3.63) is 107 Å². The van der Waals surface area contributed by atoms with E-state index in [2.05, 4.69) is 26.8 Å². The largest absolute Gasteiger partial charge is 0.480 e. The highest BCUT2D eigenvalue weighted by Crippen LogP contribution is 2.27. The van der Waals surface area contributed by atoms with Crippen LogP contribution in [0, 0.1) is 0 Å². The Bertz CT molecular complexity index is 944. The van der Waals surface area contributed by atoms with Gasteiger partial charge in [0.25, 0.3) is 0 Å². The maximum Gasteiger partial charge on any atom is 0.328 e. The number of carbonyl (C=O) groups is 1. The molecule has 0 spiro atoms. The molecule has 0 aliphatic heterocycles. The third-order valence-corrected chi connectivity index (χ3v) is 4.90. The second-order valence-electron chi connectivity index (χ2n) is 8.18. The van der Waals surface area contributed by atoms with Crippen molar-refractivity contribution < 1.29 is 9.90 Å². The van der Waals surface area contributed by atoms with E-state index in [4.69, 9.17) is 4.99 Å². The first kappa shape index (κ1) is 20.5. The van der Waals surface area contributed by atoms with E-state index >= 15 is 0 Å². The van der Waals surface area contributed by atoms with Crippen molar-refractivity contribution in [2.45, 2.75) is 38.6 Å². The molecule has 3 nitrogen and oxygen atoms in total. The van der Waals surface area contributed by atoms with E-state index in [1.54, 1.807) is 0 Å². The van der Waals surface area contributed by atoms with Gasteiger partial charge in [0.05, 0.1) is 5.71 Å². The maximum atomic E-state index is 12.2. The number of benzene rings is 3. The molecule has 3 rings (SSSR count). The Hall–Kier alpha value is -3.20. The van der Waals surface area contributed by atoms with Gasteiger partial charge < -0.3 is 5.11 Å². The summed E-state index contributed by atoms with van der Waals surface area (Å²) in [4.78, 5) is 16.9. The van der Waals surface area contributed by atoms with Crippen molar-refractivity contribution in [2.75, 3.05) is 0 Å². The molecule has 0 aliphatic rings. The van der Waals surface area contributed by atoms with E-state index in [0.29, 0.717) is 12.1 Å². The molecule has 3 heteroatoms. The molecule has 29 heavy (non-hydrogen) atoms. The first-order chi connectivity index (χ1) is 13.9. The zero-order valence-corrected chi connectivity index (χ0v) is 17.2. The molecule has 0 heterocycles. The van der Waals surface area contributed by atoms with Crippen LogP contribution in [0.3, 0.4) is 0 Å². The summed E-state index contributed by atoms with van der Waals surface area (Å²) in [6.45, 7) is 6.43. The minimum atomic E-state index is -0.918. The van der Waals surface area contributed by atoms with Crippen LogP contribution in [-0.2, 0) is 16.6 Å². The zero-order valence-electron chi connectivity index (χ0n) is 17.2. The molecule has 0 radical (unpaired) electrons.